The van der Waals surface area contributed by atoms with Crippen LogP contribution in [0.4, 0.5) is 0 Å². The number of rotatable bonds is 6. The molecule has 6 nitrogen and oxygen atoms in total. The highest BCUT2D eigenvalue weighted by molar-refractivity contribution is 8.30. The maximum Gasteiger partial charge on any atom is 0.198 e. The second-order valence-electron chi connectivity index (χ2n) is 5.16. The van der Waals surface area contributed by atoms with Gasteiger partial charge in [0.05, 0.1) is 4.90 Å². The van der Waals surface area contributed by atoms with Gasteiger partial charge >= 0.3 is 0 Å². The Morgan fingerprint density at radius 3 is 2.13 bits per heavy atom. The van der Waals surface area contributed by atoms with E-state index >= 15 is 0 Å². The highest BCUT2D eigenvalue weighted by Gasteiger charge is 2.34. The van der Waals surface area contributed by atoms with Crippen LogP contribution in [0.25, 0.3) is 16.8 Å². The Kier molecular flexibility index (Phi) is 4.70. The Labute approximate surface area is 135 Å². The molecule has 2 aromatic carbocycles. The second kappa shape index (κ2) is 6.37. The summed E-state index contributed by atoms with van der Waals surface area (Å²) in [6.45, 7) is 9.57. The van der Waals surface area contributed by atoms with Gasteiger partial charge in [0.1, 0.15) is 0 Å². The maximum atomic E-state index is 11.2. The molecule has 0 atom stereocenters. The number of nitrogens with zero attached hydrogens (tertiary/aromatic N) is 3. The lowest BCUT2D eigenvalue weighted by Crippen LogP contribution is -1.99. The van der Waals surface area contributed by atoms with Crippen LogP contribution in [0.5, 0.6) is 0 Å². The molecule has 0 aliphatic rings. The summed E-state index contributed by atoms with van der Waals surface area (Å²) in [7, 11) is -3.54. The zero-order valence-electron chi connectivity index (χ0n) is 13.2. The molecule has 0 fully saturated rings. The lowest BCUT2D eigenvalue weighted by Gasteiger charge is -2.21. The van der Waals surface area contributed by atoms with Crippen molar-refractivity contribution in [2.45, 2.75) is 32.1 Å². The van der Waals surface area contributed by atoms with Crippen LogP contribution in [0.3, 0.4) is 0 Å². The third-order valence-electron chi connectivity index (χ3n) is 4.17. The first kappa shape index (κ1) is 17.0. The number of nitroso groups, excluding NO2 is 3. The summed E-state index contributed by atoms with van der Waals surface area (Å²) >= 11 is 0. The Hall–Kier alpha value is -2.41. The van der Waals surface area contributed by atoms with Gasteiger partial charge in [0.25, 0.3) is 0 Å². The van der Waals surface area contributed by atoms with Crippen molar-refractivity contribution in [2.24, 2.45) is 13.7 Å². The molecule has 0 heterocycles. The predicted octanol–water partition coefficient (Wildman–Crippen LogP) is 5.87. The standard InChI is InChI=1S/C16H17N3O3S/c1-5-12-7-8-14-11(4)13(6-2)16(9-15(14)10(12)3)23(17-20,18-21)19-22/h6-9H,2,5H2,1,3-4H3. The molecule has 0 aromatic heterocycles. The molecule has 0 aliphatic heterocycles. The molecule has 0 N–H and O–H groups in total. The van der Waals surface area contributed by atoms with Gasteiger partial charge in [-0.2, -0.15) is 0 Å². The van der Waals surface area contributed by atoms with E-state index in [9.17, 15) is 14.7 Å². The van der Waals surface area contributed by atoms with E-state index in [-0.39, 0.29) is 4.90 Å². The van der Waals surface area contributed by atoms with Gasteiger partial charge < -0.3 is 0 Å². The molecule has 0 radical (unpaired) electrons. The Bertz CT molecular complexity index is 811. The molecule has 120 valence electrons. The van der Waals surface area contributed by atoms with Crippen LogP contribution >= 0.6 is 10.6 Å². The van der Waals surface area contributed by atoms with Crippen LogP contribution in [-0.4, -0.2) is 0 Å². The molecule has 0 spiro atoms. The van der Waals surface area contributed by atoms with E-state index in [0.29, 0.717) is 5.56 Å². The summed E-state index contributed by atoms with van der Waals surface area (Å²) in [5, 5.41) is 1.82. The van der Waals surface area contributed by atoms with Crippen LogP contribution in [0.15, 0.2) is 43.4 Å². The van der Waals surface area contributed by atoms with Crippen molar-refractivity contribution in [3.63, 3.8) is 0 Å². The van der Waals surface area contributed by atoms with Gasteiger partial charge in [-0.3, -0.25) is 0 Å². The zero-order chi connectivity index (χ0) is 17.2. The van der Waals surface area contributed by atoms with Crippen LogP contribution in [-0.2, 0) is 6.42 Å². The number of hydrogen-bond donors (Lipinski definition) is 0. The Morgan fingerprint density at radius 2 is 1.65 bits per heavy atom. The summed E-state index contributed by atoms with van der Waals surface area (Å²) in [5.41, 5.74) is 3.49. The molecule has 2 aromatic rings. The molecular formula is C16H17N3O3S. The van der Waals surface area contributed by atoms with Crippen molar-refractivity contribution >= 4 is 27.4 Å². The molecule has 0 saturated carbocycles. The first-order valence-electron chi connectivity index (χ1n) is 7.05. The molecule has 2 rings (SSSR count). The van der Waals surface area contributed by atoms with Crippen LogP contribution in [0.2, 0.25) is 0 Å². The minimum Gasteiger partial charge on any atom is -0.135 e. The van der Waals surface area contributed by atoms with Crippen LogP contribution in [0.1, 0.15) is 29.2 Å². The quantitative estimate of drug-likeness (QED) is 0.620. The van der Waals surface area contributed by atoms with Gasteiger partial charge in [-0.15, -0.1) is 14.7 Å². The second-order valence-corrected chi connectivity index (χ2v) is 7.08. The summed E-state index contributed by atoms with van der Waals surface area (Å²) in [4.78, 5) is 33.7. The highest BCUT2D eigenvalue weighted by Crippen LogP contribution is 2.61. The van der Waals surface area contributed by atoms with E-state index in [1.807, 2.05) is 32.9 Å². The first-order chi connectivity index (χ1) is 11.0. The zero-order valence-corrected chi connectivity index (χ0v) is 14.0. The van der Waals surface area contributed by atoms with Gasteiger partial charge in [-0.1, -0.05) is 31.7 Å². The lowest BCUT2D eigenvalue weighted by atomic mass is 9.93. The number of fused-ring (bicyclic) bond motifs is 1. The number of aryl methyl sites for hydroxylation is 3. The van der Waals surface area contributed by atoms with Crippen molar-refractivity contribution in [3.05, 3.63) is 61.8 Å². The van der Waals surface area contributed by atoms with Gasteiger partial charge in [-0.05, 0) is 59.4 Å². The largest absolute Gasteiger partial charge is 0.198 e. The van der Waals surface area contributed by atoms with Crippen molar-refractivity contribution in [2.75, 3.05) is 0 Å². The molecule has 0 saturated heterocycles. The molecule has 0 unspecified atom stereocenters. The SMILES string of the molecule is C=Cc1c(S(N=O)(N=O)N=O)cc2c(C)c(CC)ccc2c1C. The summed E-state index contributed by atoms with van der Waals surface area (Å²) in [6.07, 6.45) is 2.34. The van der Waals surface area contributed by atoms with Gasteiger partial charge in [-0.25, -0.2) is 0 Å². The molecular weight excluding hydrogens is 314 g/mol. The van der Waals surface area contributed by atoms with E-state index in [4.69, 9.17) is 0 Å². The molecule has 0 aliphatic carbocycles. The summed E-state index contributed by atoms with van der Waals surface area (Å²) < 4.78 is 8.05. The lowest BCUT2D eigenvalue weighted by molar-refractivity contribution is 1.12. The van der Waals surface area contributed by atoms with Crippen molar-refractivity contribution < 1.29 is 0 Å². The fourth-order valence-electron chi connectivity index (χ4n) is 2.85. The van der Waals surface area contributed by atoms with Crippen molar-refractivity contribution in [3.8, 4) is 0 Å². The van der Waals surface area contributed by atoms with Crippen LogP contribution in [0, 0.1) is 28.6 Å². The van der Waals surface area contributed by atoms with Gasteiger partial charge in [0, 0.05) is 13.7 Å². The van der Waals surface area contributed by atoms with E-state index in [1.165, 1.54) is 6.08 Å². The van der Waals surface area contributed by atoms with E-state index in [1.54, 1.807) is 6.07 Å². The van der Waals surface area contributed by atoms with E-state index in [0.717, 1.165) is 33.9 Å². The smallest absolute Gasteiger partial charge is 0.135 e. The normalized spacial score (nSPS) is 12.0. The third-order valence-corrected chi connectivity index (χ3v) is 5.72. The van der Waals surface area contributed by atoms with E-state index < -0.39 is 10.6 Å². The number of benzene rings is 2. The van der Waals surface area contributed by atoms with Crippen molar-refractivity contribution in [1.82, 2.24) is 0 Å². The molecule has 0 amide bonds. The average Bonchev–Trinajstić information content (AvgIpc) is 2.58. The first-order valence-corrected chi connectivity index (χ1v) is 8.55. The summed E-state index contributed by atoms with van der Waals surface area (Å²) in [6, 6.07) is 5.67. The van der Waals surface area contributed by atoms with Gasteiger partial charge in [0.15, 0.2) is 10.6 Å². The number of hydrogen-bond acceptors (Lipinski definition) is 6. The predicted molar refractivity (Wildman–Crippen MR) is 96.1 cm³/mol. The fourth-order valence-corrected chi connectivity index (χ4v) is 3.98. The Balaban J connectivity index is 3.03. The van der Waals surface area contributed by atoms with Crippen molar-refractivity contribution in [1.29, 1.82) is 0 Å². The molecule has 7 heteroatoms. The monoisotopic (exact) mass is 331 g/mol. The highest BCUT2D eigenvalue weighted by atomic mass is 32.3. The third kappa shape index (κ3) is 2.46. The minimum atomic E-state index is -3.54. The maximum absolute atomic E-state index is 11.2. The Morgan fingerprint density at radius 1 is 1.04 bits per heavy atom. The van der Waals surface area contributed by atoms with Crippen LogP contribution < -0.4 is 0 Å². The fraction of sp³-hybridized carbons (Fsp3) is 0.250. The summed E-state index contributed by atoms with van der Waals surface area (Å²) in [5.74, 6) is 0. The van der Waals surface area contributed by atoms with E-state index in [2.05, 4.69) is 20.3 Å². The topological polar surface area (TPSA) is 88.3 Å². The molecule has 23 heavy (non-hydrogen) atoms. The minimum absolute atomic E-state index is 0.147. The molecule has 0 bridgehead atoms. The van der Waals surface area contributed by atoms with Gasteiger partial charge in [0.2, 0.25) is 0 Å². The average molecular weight is 331 g/mol.